The van der Waals surface area contributed by atoms with Crippen molar-refractivity contribution in [3.8, 4) is 0 Å². The van der Waals surface area contributed by atoms with E-state index in [0.717, 1.165) is 6.42 Å². The molecule has 0 heterocycles. The summed E-state index contributed by atoms with van der Waals surface area (Å²) in [4.78, 5) is 0. The van der Waals surface area contributed by atoms with E-state index in [1.165, 1.54) is 4.41 Å². The van der Waals surface area contributed by atoms with Gasteiger partial charge < -0.3 is 0 Å². The first-order chi connectivity index (χ1) is 13.1. The molecule has 1 aliphatic carbocycles. The summed E-state index contributed by atoms with van der Waals surface area (Å²) in [5, 5.41) is 0. The Hall–Kier alpha value is -1.45. The van der Waals surface area contributed by atoms with Crippen molar-refractivity contribution in [1.29, 1.82) is 0 Å². The van der Waals surface area contributed by atoms with Crippen molar-refractivity contribution in [3.05, 3.63) is 132 Å². The minimum absolute atomic E-state index is 0. The predicted octanol–water partition coefficient (Wildman–Crippen LogP) is 7.01. The summed E-state index contributed by atoms with van der Waals surface area (Å²) in [6.45, 7) is 0. The molecule has 0 aromatic heterocycles. The Balaban J connectivity index is 0.000000349. The van der Waals surface area contributed by atoms with Crippen LogP contribution in [0.1, 0.15) is 6.42 Å². The Morgan fingerprint density at radius 1 is 0.607 bits per heavy atom. The van der Waals surface area contributed by atoms with Crippen LogP contribution in [-0.4, -0.2) is 13.3 Å². The van der Waals surface area contributed by atoms with E-state index in [0.29, 0.717) is 0 Å². The Kier molecular flexibility index (Phi) is 16.7. The van der Waals surface area contributed by atoms with Gasteiger partial charge in [0, 0.05) is 0 Å². The zero-order valence-electron chi connectivity index (χ0n) is 17.0. The molecule has 0 spiro atoms. The third-order valence-corrected chi connectivity index (χ3v) is 7.44. The maximum atomic E-state index is 3.39. The van der Waals surface area contributed by atoms with E-state index in [1.807, 2.05) is 91.0 Å². The van der Waals surface area contributed by atoms with Crippen LogP contribution < -0.4 is 0 Å². The molecule has 0 N–H and O–H groups in total. The number of rotatable bonds is 1. The molecule has 0 unspecified atom stereocenters. The van der Waals surface area contributed by atoms with Crippen molar-refractivity contribution in [2.45, 2.75) is 23.7 Å². The van der Waals surface area contributed by atoms with Crippen LogP contribution in [0.25, 0.3) is 0 Å². The predicted molar refractivity (Wildman–Crippen MR) is 120 cm³/mol. The van der Waals surface area contributed by atoms with Gasteiger partial charge in [0.1, 0.15) is 0 Å². The Labute approximate surface area is 193 Å². The van der Waals surface area contributed by atoms with Crippen LogP contribution in [0.3, 0.4) is 0 Å². The molecule has 4 rings (SSSR count). The monoisotopic (exact) mass is 594 g/mol. The largest absolute Gasteiger partial charge is 4.00 e. The molecule has 0 bridgehead atoms. The number of allylic oxidation sites excluding steroid dienone is 4. The molecular formula is C26H28GeHf. The van der Waals surface area contributed by atoms with E-state index >= 15 is 0 Å². The Morgan fingerprint density at radius 3 is 1.07 bits per heavy atom. The molecule has 0 saturated carbocycles. The molecule has 0 nitrogen and oxygen atoms in total. The molecule has 1 aliphatic rings. The summed E-state index contributed by atoms with van der Waals surface area (Å²) in [7, 11) is 0. The van der Waals surface area contributed by atoms with Crippen LogP contribution in [0.4, 0.5) is 0 Å². The van der Waals surface area contributed by atoms with Crippen LogP contribution in [0.15, 0.2) is 108 Å². The van der Waals surface area contributed by atoms with Crippen LogP contribution in [-0.2, 0) is 25.8 Å². The van der Waals surface area contributed by atoms with Crippen molar-refractivity contribution in [1.82, 2.24) is 0 Å². The average molecular weight is 592 g/mol. The van der Waals surface area contributed by atoms with Crippen molar-refractivity contribution in [2.24, 2.45) is 0 Å². The molecule has 2 heteroatoms. The fourth-order valence-electron chi connectivity index (χ4n) is 1.95. The molecular weight excluding hydrogens is 563 g/mol. The van der Waals surface area contributed by atoms with Crippen LogP contribution >= 0.6 is 0 Å². The first-order valence-corrected chi connectivity index (χ1v) is 16.5. The Bertz CT molecular complexity index is 575. The molecule has 0 atom stereocenters. The molecule has 0 amide bonds. The maximum absolute atomic E-state index is 3.39. The summed E-state index contributed by atoms with van der Waals surface area (Å²) in [5.74, 6) is 7.20. The molecule has 0 saturated heterocycles. The van der Waals surface area contributed by atoms with Crippen LogP contribution in [0, 0.1) is 24.3 Å². The average Bonchev–Trinajstić information content (AvgIpc) is 3.29. The molecule has 0 fully saturated rings. The van der Waals surface area contributed by atoms with E-state index in [9.17, 15) is 0 Å². The first-order valence-electron chi connectivity index (χ1n) is 9.12. The van der Waals surface area contributed by atoms with Crippen molar-refractivity contribution < 1.29 is 25.8 Å². The summed E-state index contributed by atoms with van der Waals surface area (Å²) in [6, 6.07) is 37.5. The smallest absolute Gasteiger partial charge is 0.184 e. The van der Waals surface area contributed by atoms with E-state index in [4.69, 9.17) is 0 Å². The number of hydrogen-bond donors (Lipinski definition) is 0. The van der Waals surface area contributed by atoms with Gasteiger partial charge in [0.15, 0.2) is 0 Å². The van der Waals surface area contributed by atoms with Gasteiger partial charge in [-0.15, -0.1) is 0 Å². The zero-order valence-corrected chi connectivity index (χ0v) is 22.7. The first kappa shape index (κ1) is 26.6. The van der Waals surface area contributed by atoms with Gasteiger partial charge in [-0.1, -0.05) is 0 Å². The van der Waals surface area contributed by atoms with Gasteiger partial charge >= 0.3 is 85.4 Å². The Morgan fingerprint density at radius 2 is 0.964 bits per heavy atom. The third-order valence-electron chi connectivity index (χ3n) is 3.32. The van der Waals surface area contributed by atoms with Crippen LogP contribution in [0.2, 0.25) is 17.3 Å². The molecule has 0 radical (unpaired) electrons. The molecule has 28 heavy (non-hydrogen) atoms. The second-order valence-corrected chi connectivity index (χ2v) is 17.3. The normalized spacial score (nSPS) is 11.0. The summed E-state index contributed by atoms with van der Waals surface area (Å²) < 4.78 is 1.54. The van der Waals surface area contributed by atoms with E-state index < -0.39 is 13.3 Å². The summed E-state index contributed by atoms with van der Waals surface area (Å²) >= 11 is -1.46. The standard InChI is InChI=1S/C8H13Ge.3C6H5.Hf/c1-9(2,3)8-6-4-5-7-8;3*1-2-4-6-5-3-1;/h4,6H,5H2,1-3H3;3*1-5H;/q4*-1;+4. The van der Waals surface area contributed by atoms with Gasteiger partial charge in [-0.25, -0.2) is 0 Å². The minimum Gasteiger partial charge on any atom is -0.184 e. The van der Waals surface area contributed by atoms with Gasteiger partial charge in [-0.05, 0) is 0 Å². The summed E-state index contributed by atoms with van der Waals surface area (Å²) in [6.07, 6.45) is 8.89. The number of benzene rings is 3. The second-order valence-electron chi connectivity index (χ2n) is 6.68. The van der Waals surface area contributed by atoms with Crippen LogP contribution in [0.5, 0.6) is 0 Å². The topological polar surface area (TPSA) is 0 Å². The fraction of sp³-hybridized carbons (Fsp3) is 0.154. The van der Waals surface area contributed by atoms with Crippen molar-refractivity contribution in [3.63, 3.8) is 0 Å². The molecule has 140 valence electrons. The minimum atomic E-state index is -1.46. The van der Waals surface area contributed by atoms with Gasteiger partial charge in [-0.3, -0.25) is 0 Å². The second kappa shape index (κ2) is 17.6. The molecule has 3 aromatic rings. The number of hydrogen-bond acceptors (Lipinski definition) is 0. The van der Waals surface area contributed by atoms with Gasteiger partial charge in [-0.2, -0.15) is 109 Å². The SMILES string of the molecule is [CH3][Ge]([CH3])([CH3])[C]1=[C-]CC=C1.[Hf+4].[c-]1ccccc1.[c-]1ccccc1.[c-]1ccccc1. The summed E-state index contributed by atoms with van der Waals surface area (Å²) in [5.41, 5.74) is 0. The van der Waals surface area contributed by atoms with Crippen molar-refractivity contribution >= 4 is 13.3 Å². The van der Waals surface area contributed by atoms with E-state index in [-0.39, 0.29) is 25.8 Å². The van der Waals surface area contributed by atoms with E-state index in [1.54, 1.807) is 0 Å². The maximum Gasteiger partial charge on any atom is 4.00 e. The molecule has 0 aliphatic heterocycles. The third kappa shape index (κ3) is 15.6. The van der Waals surface area contributed by atoms with Gasteiger partial charge in [0.05, 0.1) is 0 Å². The van der Waals surface area contributed by atoms with Crippen molar-refractivity contribution in [2.75, 3.05) is 0 Å². The van der Waals surface area contributed by atoms with Gasteiger partial charge in [0.25, 0.3) is 0 Å². The quantitative estimate of drug-likeness (QED) is 0.211. The molecule has 3 aromatic carbocycles. The zero-order chi connectivity index (χ0) is 19.6. The fourth-order valence-corrected chi connectivity index (χ4v) is 4.57. The van der Waals surface area contributed by atoms with E-state index in [2.05, 4.69) is 53.7 Å². The van der Waals surface area contributed by atoms with Gasteiger partial charge in [0.2, 0.25) is 0 Å².